The zero-order chi connectivity index (χ0) is 16.2. The lowest BCUT2D eigenvalue weighted by atomic mass is 10.1. The molecule has 1 aromatic carbocycles. The predicted octanol–water partition coefficient (Wildman–Crippen LogP) is 1.27. The Morgan fingerprint density at radius 2 is 2.05 bits per heavy atom. The Bertz CT molecular complexity index is 630. The number of aliphatic hydroxyl groups excluding tert-OH is 1. The lowest BCUT2D eigenvalue weighted by molar-refractivity contribution is 0.0691. The molecule has 1 rings (SSSR count). The zero-order valence-corrected chi connectivity index (χ0v) is 12.6. The first-order valence-corrected chi connectivity index (χ1v) is 7.88. The average molecular weight is 319 g/mol. The average Bonchev–Trinajstić information content (AvgIpc) is 2.39. The van der Waals surface area contributed by atoms with Gasteiger partial charge in [0.15, 0.2) is 0 Å². The van der Waals surface area contributed by atoms with Gasteiger partial charge in [0, 0.05) is 6.54 Å². The van der Waals surface area contributed by atoms with E-state index < -0.39 is 33.5 Å². The number of nitrogens with one attached hydrogen (secondary N) is 1. The molecule has 0 aromatic heterocycles. The van der Waals surface area contributed by atoms with Crippen LogP contribution in [0.3, 0.4) is 0 Å². The summed E-state index contributed by atoms with van der Waals surface area (Å²) in [7, 11) is -4.01. The van der Waals surface area contributed by atoms with Crippen LogP contribution in [0.2, 0.25) is 0 Å². The van der Waals surface area contributed by atoms with Crippen molar-refractivity contribution in [2.45, 2.75) is 37.7 Å². The summed E-state index contributed by atoms with van der Waals surface area (Å²) in [5, 5.41) is 18.4. The van der Waals surface area contributed by atoms with Crippen LogP contribution in [-0.4, -0.2) is 37.2 Å². The van der Waals surface area contributed by atoms with Crippen LogP contribution in [0, 0.1) is 12.7 Å². The maximum atomic E-state index is 13.6. The number of carboxylic acids is 1. The Morgan fingerprint density at radius 3 is 2.57 bits per heavy atom. The van der Waals surface area contributed by atoms with Crippen molar-refractivity contribution in [1.82, 2.24) is 4.72 Å². The van der Waals surface area contributed by atoms with Crippen LogP contribution >= 0.6 is 0 Å². The Hall–Kier alpha value is -1.51. The molecule has 0 amide bonds. The van der Waals surface area contributed by atoms with E-state index in [1.165, 1.54) is 6.92 Å². The summed E-state index contributed by atoms with van der Waals surface area (Å²) in [6.45, 7) is 2.95. The van der Waals surface area contributed by atoms with E-state index in [4.69, 9.17) is 5.11 Å². The van der Waals surface area contributed by atoms with Crippen LogP contribution in [0.15, 0.2) is 17.0 Å². The quantitative estimate of drug-likeness (QED) is 0.702. The molecule has 1 aromatic rings. The third-order valence-corrected chi connectivity index (χ3v) is 4.30. The molecule has 1 unspecified atom stereocenters. The van der Waals surface area contributed by atoms with Crippen LogP contribution in [0.4, 0.5) is 4.39 Å². The normalized spacial score (nSPS) is 13.1. The minimum absolute atomic E-state index is 0.0793. The van der Waals surface area contributed by atoms with Crippen molar-refractivity contribution in [1.29, 1.82) is 0 Å². The highest BCUT2D eigenvalue weighted by Gasteiger charge is 2.21. The van der Waals surface area contributed by atoms with E-state index in [1.54, 1.807) is 0 Å². The maximum absolute atomic E-state index is 13.6. The number of hydrogen-bond acceptors (Lipinski definition) is 4. The lowest BCUT2D eigenvalue weighted by Crippen LogP contribution is -2.32. The summed E-state index contributed by atoms with van der Waals surface area (Å²) in [6.07, 6.45) is 0.304. The number of hydrogen-bond donors (Lipinski definition) is 3. The number of halogens is 1. The molecule has 0 heterocycles. The van der Waals surface area contributed by atoms with Gasteiger partial charge in [-0.05, 0) is 31.0 Å². The number of aliphatic hydroxyl groups is 1. The van der Waals surface area contributed by atoms with Crippen molar-refractivity contribution in [2.75, 3.05) is 6.54 Å². The number of aryl methyl sites for hydroxylation is 1. The molecule has 0 spiro atoms. The number of aromatic carboxylic acids is 1. The van der Waals surface area contributed by atoms with E-state index in [0.29, 0.717) is 12.8 Å². The van der Waals surface area contributed by atoms with Crippen molar-refractivity contribution in [2.24, 2.45) is 0 Å². The van der Waals surface area contributed by atoms with Crippen molar-refractivity contribution in [3.63, 3.8) is 0 Å². The molecule has 6 nitrogen and oxygen atoms in total. The van der Waals surface area contributed by atoms with Gasteiger partial charge in [-0.2, -0.15) is 0 Å². The first-order valence-electron chi connectivity index (χ1n) is 6.40. The second-order valence-corrected chi connectivity index (χ2v) is 6.47. The minimum atomic E-state index is -4.01. The molecule has 8 heteroatoms. The first kappa shape index (κ1) is 17.5. The van der Waals surface area contributed by atoms with E-state index in [1.807, 2.05) is 6.92 Å². The molecule has 3 N–H and O–H groups in total. The summed E-state index contributed by atoms with van der Waals surface area (Å²) in [5.41, 5.74) is -0.783. The predicted molar refractivity (Wildman–Crippen MR) is 74.2 cm³/mol. The molecular formula is C13H18FNO5S. The number of benzene rings is 1. The van der Waals surface area contributed by atoms with Crippen molar-refractivity contribution in [3.05, 3.63) is 29.1 Å². The Kier molecular flexibility index (Phi) is 5.82. The van der Waals surface area contributed by atoms with E-state index in [0.717, 1.165) is 12.1 Å². The van der Waals surface area contributed by atoms with Crippen molar-refractivity contribution < 1.29 is 27.8 Å². The molecule has 0 bridgehead atoms. The largest absolute Gasteiger partial charge is 0.478 e. The Balaban J connectivity index is 3.06. The molecule has 0 saturated heterocycles. The maximum Gasteiger partial charge on any atom is 0.338 e. The Labute approximate surface area is 122 Å². The summed E-state index contributed by atoms with van der Waals surface area (Å²) < 4.78 is 39.9. The van der Waals surface area contributed by atoms with Gasteiger partial charge in [0.25, 0.3) is 0 Å². The van der Waals surface area contributed by atoms with E-state index in [2.05, 4.69) is 4.72 Å². The highest BCUT2D eigenvalue weighted by molar-refractivity contribution is 7.89. The van der Waals surface area contributed by atoms with Gasteiger partial charge in [0.2, 0.25) is 10.0 Å². The summed E-state index contributed by atoms with van der Waals surface area (Å²) >= 11 is 0. The molecule has 0 aliphatic heterocycles. The molecule has 21 heavy (non-hydrogen) atoms. The third kappa shape index (κ3) is 4.48. The molecule has 0 saturated carbocycles. The standard InChI is InChI=1S/C13H18FNO5S/c1-3-4-9(16)7-15-21(19,20)10-5-8(2)12(14)11(6-10)13(17)18/h5-6,9,15-16H,3-4,7H2,1-2H3,(H,17,18). The van der Waals surface area contributed by atoms with E-state index in [-0.39, 0.29) is 17.0 Å². The monoisotopic (exact) mass is 319 g/mol. The number of sulfonamides is 1. The van der Waals surface area contributed by atoms with Crippen molar-refractivity contribution in [3.8, 4) is 0 Å². The van der Waals surface area contributed by atoms with Gasteiger partial charge in [0.1, 0.15) is 5.82 Å². The first-order chi connectivity index (χ1) is 9.69. The van der Waals surface area contributed by atoms with Gasteiger partial charge in [-0.3, -0.25) is 0 Å². The van der Waals surface area contributed by atoms with Crippen LogP contribution in [0.1, 0.15) is 35.7 Å². The summed E-state index contributed by atoms with van der Waals surface area (Å²) in [5.74, 6) is -2.51. The van der Waals surface area contributed by atoms with Gasteiger partial charge in [-0.15, -0.1) is 0 Å². The molecule has 0 radical (unpaired) electrons. The van der Waals surface area contributed by atoms with Crippen LogP contribution in [0.5, 0.6) is 0 Å². The van der Waals surface area contributed by atoms with Gasteiger partial charge in [-0.25, -0.2) is 22.3 Å². The smallest absolute Gasteiger partial charge is 0.338 e. The van der Waals surface area contributed by atoms with Crippen LogP contribution < -0.4 is 4.72 Å². The SMILES string of the molecule is CCCC(O)CNS(=O)(=O)c1cc(C)c(F)c(C(=O)O)c1. The molecule has 0 aliphatic rings. The molecule has 1 atom stereocenters. The van der Waals surface area contributed by atoms with E-state index >= 15 is 0 Å². The fourth-order valence-corrected chi connectivity index (χ4v) is 2.96. The van der Waals surface area contributed by atoms with Crippen molar-refractivity contribution >= 4 is 16.0 Å². The lowest BCUT2D eigenvalue weighted by Gasteiger charge is -2.12. The molecule has 0 aliphatic carbocycles. The molecule has 118 valence electrons. The fraction of sp³-hybridized carbons (Fsp3) is 0.462. The topological polar surface area (TPSA) is 104 Å². The summed E-state index contributed by atoms with van der Waals surface area (Å²) in [6, 6.07) is 1.81. The highest BCUT2D eigenvalue weighted by Crippen LogP contribution is 2.19. The number of rotatable bonds is 7. The van der Waals surface area contributed by atoms with Gasteiger partial charge in [-0.1, -0.05) is 13.3 Å². The van der Waals surface area contributed by atoms with Gasteiger partial charge in [0.05, 0.1) is 16.6 Å². The fourth-order valence-electron chi connectivity index (χ4n) is 1.77. The molecule has 0 fully saturated rings. The van der Waals surface area contributed by atoms with Gasteiger partial charge >= 0.3 is 5.97 Å². The molecular weight excluding hydrogens is 301 g/mol. The van der Waals surface area contributed by atoms with Crippen LogP contribution in [-0.2, 0) is 10.0 Å². The summed E-state index contributed by atoms with van der Waals surface area (Å²) in [4.78, 5) is 10.6. The van der Waals surface area contributed by atoms with E-state index in [9.17, 15) is 22.7 Å². The minimum Gasteiger partial charge on any atom is -0.478 e. The second-order valence-electron chi connectivity index (χ2n) is 4.70. The third-order valence-electron chi connectivity index (χ3n) is 2.90. The number of carboxylic acid groups (broad SMARTS) is 1. The van der Waals surface area contributed by atoms with Gasteiger partial charge < -0.3 is 10.2 Å². The van der Waals surface area contributed by atoms with Crippen LogP contribution in [0.25, 0.3) is 0 Å². The highest BCUT2D eigenvalue weighted by atomic mass is 32.2. The Morgan fingerprint density at radius 1 is 1.43 bits per heavy atom. The zero-order valence-electron chi connectivity index (χ0n) is 11.8. The number of carbonyl (C=O) groups is 1. The second kappa shape index (κ2) is 6.97.